The van der Waals surface area contributed by atoms with Crippen LogP contribution < -0.4 is 20.2 Å². The molecule has 11 heteroatoms. The first-order chi connectivity index (χ1) is 17.8. The lowest BCUT2D eigenvalue weighted by molar-refractivity contribution is -0.132. The average Bonchev–Trinajstić information content (AvgIpc) is 3.14. The van der Waals surface area contributed by atoms with Crippen LogP contribution >= 0.6 is 47.2 Å². The van der Waals surface area contributed by atoms with Gasteiger partial charge in [-0.2, -0.15) is 5.01 Å². The summed E-state index contributed by atoms with van der Waals surface area (Å²) in [7, 11) is 3.09. The number of nitrogens with one attached hydrogen (secondary N) is 2. The van der Waals surface area contributed by atoms with E-state index in [4.69, 9.17) is 44.9 Å². The molecule has 0 saturated carbocycles. The van der Waals surface area contributed by atoms with Gasteiger partial charge < -0.3 is 14.8 Å². The van der Waals surface area contributed by atoms with Crippen molar-refractivity contribution < 1.29 is 19.1 Å². The summed E-state index contributed by atoms with van der Waals surface area (Å²) in [4.78, 5) is 26.3. The molecule has 37 heavy (non-hydrogen) atoms. The Morgan fingerprint density at radius 2 is 1.68 bits per heavy atom. The van der Waals surface area contributed by atoms with E-state index in [0.29, 0.717) is 49.0 Å². The Morgan fingerprint density at radius 1 is 1.03 bits per heavy atom. The Hall–Kier alpha value is -3.24. The number of hydrogen-bond donors (Lipinski definition) is 2. The maximum absolute atomic E-state index is 13.0. The molecule has 0 aromatic heterocycles. The predicted octanol–water partition coefficient (Wildman–Crippen LogP) is 6.23. The van der Waals surface area contributed by atoms with E-state index >= 15 is 0 Å². The minimum atomic E-state index is -0.431. The number of benzene rings is 3. The van der Waals surface area contributed by atoms with E-state index in [-0.39, 0.29) is 10.7 Å². The van der Waals surface area contributed by atoms with Crippen molar-refractivity contribution in [1.82, 2.24) is 10.4 Å². The first-order valence-electron chi connectivity index (χ1n) is 10.9. The number of halogens is 2. The Labute approximate surface area is 233 Å². The number of thiocarbonyl (C=S) groups is 1. The normalized spacial score (nSPS) is 14.2. The highest BCUT2D eigenvalue weighted by Gasteiger charge is 2.33. The van der Waals surface area contributed by atoms with Gasteiger partial charge >= 0.3 is 0 Å². The van der Waals surface area contributed by atoms with Crippen LogP contribution in [0.5, 0.6) is 11.5 Å². The minimum Gasteiger partial charge on any atom is -0.497 e. The SMILES string of the molecule is COc1cc(/C=C2\SC(=S)N(NC(=O)Cc3ccccc3Nc3c(Cl)cccc3Cl)C2=O)cc(OC)c1. The molecular formula is C26H21Cl2N3O4S2. The van der Waals surface area contributed by atoms with Gasteiger partial charge in [0.2, 0.25) is 5.91 Å². The van der Waals surface area contributed by atoms with Crippen LogP contribution in [0.4, 0.5) is 11.4 Å². The summed E-state index contributed by atoms with van der Waals surface area (Å²) in [5.74, 6) is 0.318. The molecule has 3 aromatic carbocycles. The quantitative estimate of drug-likeness (QED) is 0.244. The largest absolute Gasteiger partial charge is 0.497 e. The number of para-hydroxylation sites is 2. The van der Waals surface area contributed by atoms with Crippen LogP contribution in [0, 0.1) is 0 Å². The van der Waals surface area contributed by atoms with Gasteiger partial charge in [-0.05, 0) is 59.8 Å². The number of rotatable bonds is 8. The van der Waals surface area contributed by atoms with Gasteiger partial charge in [-0.15, -0.1) is 0 Å². The molecule has 1 saturated heterocycles. The standard InChI is InChI=1S/C26H21Cl2N3O4S2/c1-34-17-10-15(11-18(14-17)35-2)12-22-25(33)31(26(36)37-22)30-23(32)13-16-6-3-4-9-21(16)29-24-19(27)7-5-8-20(24)28/h3-12,14,29H,13H2,1-2H3,(H,30,32)/b22-12-. The predicted molar refractivity (Wildman–Crippen MR) is 153 cm³/mol. The van der Waals surface area contributed by atoms with E-state index in [1.165, 1.54) is 0 Å². The van der Waals surface area contributed by atoms with Gasteiger partial charge in [0.15, 0.2) is 4.32 Å². The highest BCUT2D eigenvalue weighted by Crippen LogP contribution is 2.35. The molecule has 1 aliphatic heterocycles. The van der Waals surface area contributed by atoms with Gasteiger partial charge in [0, 0.05) is 11.8 Å². The molecule has 0 spiro atoms. The van der Waals surface area contributed by atoms with Gasteiger partial charge in [-0.25, -0.2) is 0 Å². The molecule has 190 valence electrons. The Bertz CT molecular complexity index is 1370. The van der Waals surface area contributed by atoms with E-state index in [1.54, 1.807) is 62.8 Å². The Kier molecular flexibility index (Phi) is 8.60. The summed E-state index contributed by atoms with van der Waals surface area (Å²) in [6.45, 7) is 0. The summed E-state index contributed by atoms with van der Waals surface area (Å²) >= 11 is 19.0. The topological polar surface area (TPSA) is 79.9 Å². The van der Waals surface area contributed by atoms with Crippen molar-refractivity contribution in [2.75, 3.05) is 19.5 Å². The average molecular weight is 575 g/mol. The molecule has 1 fully saturated rings. The van der Waals surface area contributed by atoms with Gasteiger partial charge in [-0.1, -0.05) is 59.2 Å². The van der Waals surface area contributed by atoms with E-state index in [1.807, 2.05) is 18.2 Å². The lowest BCUT2D eigenvalue weighted by atomic mass is 10.1. The van der Waals surface area contributed by atoms with Gasteiger partial charge in [-0.3, -0.25) is 15.0 Å². The maximum atomic E-state index is 13.0. The number of ether oxygens (including phenoxy) is 2. The van der Waals surface area contributed by atoms with E-state index < -0.39 is 11.8 Å². The molecule has 4 rings (SSSR count). The highest BCUT2D eigenvalue weighted by atomic mass is 35.5. The number of anilines is 2. The zero-order valence-corrected chi connectivity index (χ0v) is 22.9. The Balaban J connectivity index is 1.48. The minimum absolute atomic E-state index is 0.0194. The van der Waals surface area contributed by atoms with Gasteiger partial charge in [0.1, 0.15) is 11.5 Å². The van der Waals surface area contributed by atoms with Crippen molar-refractivity contribution in [2.45, 2.75) is 6.42 Å². The number of carbonyl (C=O) groups is 2. The molecule has 1 aliphatic rings. The lowest BCUT2D eigenvalue weighted by Gasteiger charge is -2.17. The van der Waals surface area contributed by atoms with Crippen LogP contribution in [0.2, 0.25) is 10.0 Å². The Morgan fingerprint density at radius 3 is 2.32 bits per heavy atom. The van der Waals surface area contributed by atoms with Crippen molar-refractivity contribution in [3.8, 4) is 11.5 Å². The fourth-order valence-corrected chi connectivity index (χ4v) is 5.19. The fourth-order valence-electron chi connectivity index (χ4n) is 3.51. The zero-order valence-electron chi connectivity index (χ0n) is 19.7. The summed E-state index contributed by atoms with van der Waals surface area (Å²) in [6, 6.07) is 17.7. The number of hydrazine groups is 1. The second kappa shape index (κ2) is 11.9. The second-order valence-corrected chi connectivity index (χ2v) is 10.2. The third kappa shape index (κ3) is 6.37. The molecule has 1 heterocycles. The van der Waals surface area contributed by atoms with Crippen molar-refractivity contribution in [1.29, 1.82) is 0 Å². The summed E-state index contributed by atoms with van der Waals surface area (Å²) < 4.78 is 10.8. The van der Waals surface area contributed by atoms with Crippen LogP contribution in [0.1, 0.15) is 11.1 Å². The van der Waals surface area contributed by atoms with Gasteiger partial charge in [0.05, 0.1) is 41.3 Å². The van der Waals surface area contributed by atoms with Gasteiger partial charge in [0.25, 0.3) is 5.91 Å². The first-order valence-corrected chi connectivity index (χ1v) is 12.9. The highest BCUT2D eigenvalue weighted by molar-refractivity contribution is 8.26. The van der Waals surface area contributed by atoms with E-state index in [9.17, 15) is 9.59 Å². The number of methoxy groups -OCH3 is 2. The maximum Gasteiger partial charge on any atom is 0.285 e. The number of carbonyl (C=O) groups excluding carboxylic acids is 2. The number of nitrogens with zero attached hydrogens (tertiary/aromatic N) is 1. The van der Waals surface area contributed by atoms with Crippen LogP contribution in [0.15, 0.2) is 65.6 Å². The second-order valence-electron chi connectivity index (χ2n) is 7.75. The van der Waals surface area contributed by atoms with E-state index in [2.05, 4.69) is 10.7 Å². The summed E-state index contributed by atoms with van der Waals surface area (Å²) in [6.07, 6.45) is 1.65. The number of amides is 2. The molecule has 0 unspecified atom stereocenters. The van der Waals surface area contributed by atoms with Crippen molar-refractivity contribution in [2.24, 2.45) is 0 Å². The number of thioether (sulfide) groups is 1. The van der Waals surface area contributed by atoms with Crippen molar-refractivity contribution in [3.63, 3.8) is 0 Å². The molecule has 3 aromatic rings. The molecule has 0 atom stereocenters. The van der Waals surface area contributed by atoms with Crippen LogP contribution in [0.3, 0.4) is 0 Å². The van der Waals surface area contributed by atoms with Crippen molar-refractivity contribution in [3.05, 3.63) is 86.7 Å². The van der Waals surface area contributed by atoms with Crippen LogP contribution in [-0.4, -0.2) is 35.4 Å². The molecule has 2 N–H and O–H groups in total. The third-order valence-corrected chi connectivity index (χ3v) is 7.22. The molecule has 7 nitrogen and oxygen atoms in total. The molecular weight excluding hydrogens is 553 g/mol. The molecule has 0 bridgehead atoms. The molecule has 0 radical (unpaired) electrons. The van der Waals surface area contributed by atoms with E-state index in [0.717, 1.165) is 16.8 Å². The van der Waals surface area contributed by atoms with Crippen LogP contribution in [-0.2, 0) is 16.0 Å². The summed E-state index contributed by atoms with van der Waals surface area (Å²) in [5.41, 5.74) is 5.19. The number of hydrogen-bond acceptors (Lipinski definition) is 7. The molecule has 2 amide bonds. The summed E-state index contributed by atoms with van der Waals surface area (Å²) in [5, 5.41) is 5.17. The fraction of sp³-hybridized carbons (Fsp3) is 0.115. The first kappa shape index (κ1) is 26.8. The van der Waals surface area contributed by atoms with Crippen LogP contribution in [0.25, 0.3) is 6.08 Å². The zero-order chi connectivity index (χ0) is 26.5. The molecule has 0 aliphatic carbocycles. The monoisotopic (exact) mass is 573 g/mol. The lowest BCUT2D eigenvalue weighted by Crippen LogP contribution is -2.45. The smallest absolute Gasteiger partial charge is 0.285 e. The van der Waals surface area contributed by atoms with Crippen molar-refractivity contribution >= 4 is 80.8 Å². The third-order valence-electron chi connectivity index (χ3n) is 5.29.